The van der Waals surface area contributed by atoms with Gasteiger partial charge in [-0.25, -0.2) is 0 Å². The molecule has 4 nitrogen and oxygen atoms in total. The van der Waals surface area contributed by atoms with Gasteiger partial charge in [-0.2, -0.15) is 0 Å². The molecular formula is C15H17N3O. The zero-order valence-corrected chi connectivity index (χ0v) is 10.9. The smallest absolute Gasteiger partial charge is 0.270 e. The third kappa shape index (κ3) is 3.39. The Hall–Kier alpha value is -2.20. The fourth-order valence-corrected chi connectivity index (χ4v) is 1.80. The summed E-state index contributed by atoms with van der Waals surface area (Å²) in [5, 5.41) is 2.87. The maximum absolute atomic E-state index is 12.0. The lowest BCUT2D eigenvalue weighted by Crippen LogP contribution is -2.24. The van der Waals surface area contributed by atoms with Gasteiger partial charge in [0.25, 0.3) is 5.91 Å². The first-order valence-electron chi connectivity index (χ1n) is 6.18. The first kappa shape index (κ1) is 13.2. The Kier molecular flexibility index (Phi) is 4.26. The maximum Gasteiger partial charge on any atom is 0.270 e. The molecule has 3 N–H and O–H groups in total. The van der Waals surface area contributed by atoms with E-state index in [0.717, 1.165) is 16.7 Å². The number of nitrogens with zero attached hydrogens (tertiary/aromatic N) is 1. The number of hydrogen-bond donors (Lipinski definition) is 2. The van der Waals surface area contributed by atoms with E-state index in [1.807, 2.05) is 31.2 Å². The zero-order valence-electron chi connectivity index (χ0n) is 10.9. The van der Waals surface area contributed by atoms with Crippen molar-refractivity contribution >= 4 is 5.91 Å². The molecule has 0 saturated heterocycles. The van der Waals surface area contributed by atoms with Crippen molar-refractivity contribution in [2.24, 2.45) is 5.73 Å². The van der Waals surface area contributed by atoms with Crippen molar-refractivity contribution in [3.8, 4) is 0 Å². The van der Waals surface area contributed by atoms with Crippen molar-refractivity contribution in [3.05, 3.63) is 65.0 Å². The second kappa shape index (κ2) is 6.11. The molecule has 1 aromatic heterocycles. The number of carbonyl (C=O) groups is 1. The van der Waals surface area contributed by atoms with Crippen molar-refractivity contribution in [2.45, 2.75) is 20.0 Å². The van der Waals surface area contributed by atoms with E-state index < -0.39 is 0 Å². The SMILES string of the molecule is Cc1ccccc1CNC(=O)c1cc(CN)ccn1. The lowest BCUT2D eigenvalue weighted by Gasteiger charge is -2.08. The van der Waals surface area contributed by atoms with Crippen LogP contribution in [0.3, 0.4) is 0 Å². The van der Waals surface area contributed by atoms with E-state index in [-0.39, 0.29) is 5.91 Å². The predicted octanol–water partition coefficient (Wildman–Crippen LogP) is 1.78. The van der Waals surface area contributed by atoms with Crippen LogP contribution in [0, 0.1) is 6.92 Å². The average molecular weight is 255 g/mol. The number of nitrogens with one attached hydrogen (secondary N) is 1. The Morgan fingerprint density at radius 3 is 2.84 bits per heavy atom. The molecule has 0 spiro atoms. The molecule has 0 fully saturated rings. The molecule has 98 valence electrons. The summed E-state index contributed by atoms with van der Waals surface area (Å²) < 4.78 is 0. The summed E-state index contributed by atoms with van der Waals surface area (Å²) in [6.45, 7) is 2.93. The van der Waals surface area contributed by atoms with Gasteiger partial charge in [-0.3, -0.25) is 9.78 Å². The molecule has 4 heteroatoms. The third-order valence-corrected chi connectivity index (χ3v) is 2.99. The fourth-order valence-electron chi connectivity index (χ4n) is 1.80. The minimum atomic E-state index is -0.182. The second-order valence-electron chi connectivity index (χ2n) is 4.36. The lowest BCUT2D eigenvalue weighted by atomic mass is 10.1. The van der Waals surface area contributed by atoms with Gasteiger partial charge in [0.2, 0.25) is 0 Å². The summed E-state index contributed by atoms with van der Waals surface area (Å²) in [5.41, 5.74) is 9.10. The number of amides is 1. The number of rotatable bonds is 4. The highest BCUT2D eigenvalue weighted by Crippen LogP contribution is 2.07. The molecule has 1 heterocycles. The highest BCUT2D eigenvalue weighted by molar-refractivity contribution is 5.92. The molecule has 2 aromatic rings. The van der Waals surface area contributed by atoms with Gasteiger partial charge in [0.1, 0.15) is 5.69 Å². The van der Waals surface area contributed by atoms with Crippen LogP contribution in [0.1, 0.15) is 27.2 Å². The van der Waals surface area contributed by atoms with E-state index in [2.05, 4.69) is 10.3 Å². The van der Waals surface area contributed by atoms with Crippen LogP contribution in [-0.4, -0.2) is 10.9 Å². The number of pyridine rings is 1. The first-order chi connectivity index (χ1) is 9.20. The quantitative estimate of drug-likeness (QED) is 0.875. The van der Waals surface area contributed by atoms with Gasteiger partial charge in [0.15, 0.2) is 0 Å². The molecule has 0 bridgehead atoms. The number of carbonyl (C=O) groups excluding carboxylic acids is 1. The van der Waals surface area contributed by atoms with Crippen LogP contribution in [0.2, 0.25) is 0 Å². The number of benzene rings is 1. The van der Waals surface area contributed by atoms with Crippen LogP contribution in [-0.2, 0) is 13.1 Å². The maximum atomic E-state index is 12.0. The van der Waals surface area contributed by atoms with Gasteiger partial charge >= 0.3 is 0 Å². The summed E-state index contributed by atoms with van der Waals surface area (Å²) in [6, 6.07) is 11.5. The van der Waals surface area contributed by atoms with Gasteiger partial charge in [0.05, 0.1) is 0 Å². The zero-order chi connectivity index (χ0) is 13.7. The highest BCUT2D eigenvalue weighted by atomic mass is 16.1. The Morgan fingerprint density at radius 2 is 2.11 bits per heavy atom. The minimum absolute atomic E-state index is 0.182. The Bertz CT molecular complexity index is 581. The van der Waals surface area contributed by atoms with Crippen LogP contribution in [0.15, 0.2) is 42.6 Å². The number of aromatic nitrogens is 1. The summed E-state index contributed by atoms with van der Waals surface area (Å²) in [4.78, 5) is 16.0. The van der Waals surface area contributed by atoms with Crippen molar-refractivity contribution in [1.29, 1.82) is 0 Å². The summed E-state index contributed by atoms with van der Waals surface area (Å²) in [6.07, 6.45) is 1.60. The Morgan fingerprint density at radius 1 is 1.32 bits per heavy atom. The van der Waals surface area contributed by atoms with E-state index in [4.69, 9.17) is 5.73 Å². The predicted molar refractivity (Wildman–Crippen MR) is 74.5 cm³/mol. The Balaban J connectivity index is 2.03. The van der Waals surface area contributed by atoms with Gasteiger partial charge in [-0.05, 0) is 35.7 Å². The molecule has 0 unspecified atom stereocenters. The summed E-state index contributed by atoms with van der Waals surface area (Å²) >= 11 is 0. The van der Waals surface area contributed by atoms with Crippen molar-refractivity contribution in [2.75, 3.05) is 0 Å². The topological polar surface area (TPSA) is 68.0 Å². The summed E-state index contributed by atoms with van der Waals surface area (Å²) in [7, 11) is 0. The molecule has 2 rings (SSSR count). The van der Waals surface area contributed by atoms with Crippen molar-refractivity contribution in [1.82, 2.24) is 10.3 Å². The first-order valence-corrected chi connectivity index (χ1v) is 6.18. The van der Waals surface area contributed by atoms with Gasteiger partial charge in [-0.1, -0.05) is 24.3 Å². The van der Waals surface area contributed by atoms with Gasteiger partial charge < -0.3 is 11.1 Å². The number of hydrogen-bond acceptors (Lipinski definition) is 3. The lowest BCUT2D eigenvalue weighted by molar-refractivity contribution is 0.0946. The van der Waals surface area contributed by atoms with Gasteiger partial charge in [0, 0.05) is 19.3 Å². The summed E-state index contributed by atoms with van der Waals surface area (Å²) in [5.74, 6) is -0.182. The van der Waals surface area contributed by atoms with Crippen LogP contribution in [0.25, 0.3) is 0 Å². The number of aryl methyl sites for hydroxylation is 1. The Labute approximate surface area is 112 Å². The molecule has 0 aliphatic carbocycles. The molecule has 19 heavy (non-hydrogen) atoms. The van der Waals surface area contributed by atoms with E-state index >= 15 is 0 Å². The molecule has 0 aliphatic rings. The molecule has 1 aromatic carbocycles. The van der Waals surface area contributed by atoms with E-state index in [1.165, 1.54) is 0 Å². The molecule has 0 saturated carbocycles. The van der Waals surface area contributed by atoms with E-state index in [9.17, 15) is 4.79 Å². The third-order valence-electron chi connectivity index (χ3n) is 2.99. The van der Waals surface area contributed by atoms with Crippen LogP contribution < -0.4 is 11.1 Å². The second-order valence-corrected chi connectivity index (χ2v) is 4.36. The van der Waals surface area contributed by atoms with Crippen molar-refractivity contribution in [3.63, 3.8) is 0 Å². The standard InChI is InChI=1S/C15H17N3O/c1-11-4-2-3-5-13(11)10-18-15(19)14-8-12(9-16)6-7-17-14/h2-8H,9-10,16H2,1H3,(H,18,19). The molecule has 0 atom stereocenters. The van der Waals surface area contributed by atoms with Crippen LogP contribution in [0.5, 0.6) is 0 Å². The average Bonchev–Trinajstić information content (AvgIpc) is 2.46. The van der Waals surface area contributed by atoms with Crippen LogP contribution >= 0.6 is 0 Å². The largest absolute Gasteiger partial charge is 0.347 e. The van der Waals surface area contributed by atoms with Crippen LogP contribution in [0.4, 0.5) is 0 Å². The minimum Gasteiger partial charge on any atom is -0.347 e. The fraction of sp³-hybridized carbons (Fsp3) is 0.200. The molecule has 1 amide bonds. The molecule has 0 aliphatic heterocycles. The highest BCUT2D eigenvalue weighted by Gasteiger charge is 2.07. The van der Waals surface area contributed by atoms with E-state index in [0.29, 0.717) is 18.8 Å². The van der Waals surface area contributed by atoms with Gasteiger partial charge in [-0.15, -0.1) is 0 Å². The van der Waals surface area contributed by atoms with E-state index in [1.54, 1.807) is 18.3 Å². The normalized spacial score (nSPS) is 10.2. The molecule has 0 radical (unpaired) electrons. The monoisotopic (exact) mass is 255 g/mol. The number of nitrogens with two attached hydrogens (primary N) is 1. The van der Waals surface area contributed by atoms with Crippen molar-refractivity contribution < 1.29 is 4.79 Å². The molecular weight excluding hydrogens is 238 g/mol.